The molecule has 86 valence electrons. The van der Waals surface area contributed by atoms with Gasteiger partial charge in [-0.2, -0.15) is 0 Å². The average Bonchev–Trinajstić information content (AvgIpc) is 2.85. The van der Waals surface area contributed by atoms with Gasteiger partial charge in [-0.3, -0.25) is 0 Å². The van der Waals surface area contributed by atoms with E-state index in [2.05, 4.69) is 0 Å². The minimum absolute atomic E-state index is 0.220. The Hall–Kier alpha value is -0.870. The van der Waals surface area contributed by atoms with Crippen LogP contribution in [0.3, 0.4) is 0 Å². The molecule has 4 heteroatoms. The molecule has 0 spiro atoms. The number of benzene rings is 1. The second-order valence-corrected chi connectivity index (χ2v) is 6.94. The molecule has 1 fully saturated rings. The minimum atomic E-state index is -3.04. The Morgan fingerprint density at radius 3 is 2.75 bits per heavy atom. The van der Waals surface area contributed by atoms with Crippen LogP contribution in [0.5, 0.6) is 0 Å². The highest BCUT2D eigenvalue weighted by Crippen LogP contribution is 2.40. The summed E-state index contributed by atoms with van der Waals surface area (Å²) < 4.78 is 23.4. The summed E-state index contributed by atoms with van der Waals surface area (Å²) in [5.74, 6) is 0.220. The van der Waals surface area contributed by atoms with E-state index >= 15 is 0 Å². The van der Waals surface area contributed by atoms with Gasteiger partial charge in [0, 0.05) is 6.42 Å². The highest BCUT2D eigenvalue weighted by Gasteiger charge is 2.41. The molecule has 2 aliphatic rings. The summed E-state index contributed by atoms with van der Waals surface area (Å²) in [6, 6.07) is 5.40. The van der Waals surface area contributed by atoms with Crippen molar-refractivity contribution in [3.05, 3.63) is 29.3 Å². The summed E-state index contributed by atoms with van der Waals surface area (Å²) in [5.41, 5.74) is 1.39. The molecule has 0 unspecified atom stereocenters. The van der Waals surface area contributed by atoms with Crippen molar-refractivity contribution in [3.8, 4) is 0 Å². The van der Waals surface area contributed by atoms with Crippen LogP contribution in [0.25, 0.3) is 0 Å². The van der Waals surface area contributed by atoms with Crippen LogP contribution in [-0.2, 0) is 22.7 Å². The molecule has 0 saturated heterocycles. The van der Waals surface area contributed by atoms with Crippen molar-refractivity contribution in [3.63, 3.8) is 0 Å². The molecule has 1 aliphatic heterocycles. The summed E-state index contributed by atoms with van der Waals surface area (Å²) in [6.45, 7) is 0. The second kappa shape index (κ2) is 3.08. The molecular weight excluding hydrogens is 224 g/mol. The van der Waals surface area contributed by atoms with E-state index in [0.717, 1.165) is 24.0 Å². The fraction of sp³-hybridized carbons (Fsp3) is 0.500. The van der Waals surface area contributed by atoms with Crippen LogP contribution in [0.4, 0.5) is 0 Å². The van der Waals surface area contributed by atoms with Crippen LogP contribution in [0.1, 0.15) is 24.0 Å². The summed E-state index contributed by atoms with van der Waals surface area (Å²) in [6.07, 6.45) is 2.88. The normalized spacial score (nSPS) is 24.1. The van der Waals surface area contributed by atoms with Crippen molar-refractivity contribution in [1.29, 1.82) is 0 Å². The van der Waals surface area contributed by atoms with Gasteiger partial charge in [-0.15, -0.1) is 0 Å². The van der Waals surface area contributed by atoms with Gasteiger partial charge >= 0.3 is 0 Å². The molecule has 1 aromatic carbocycles. The number of hydrogen-bond donors (Lipinski definition) is 1. The Kier molecular flexibility index (Phi) is 1.98. The molecule has 3 nitrogen and oxygen atoms in total. The van der Waals surface area contributed by atoms with Gasteiger partial charge in [-0.25, -0.2) is 8.42 Å². The van der Waals surface area contributed by atoms with Crippen molar-refractivity contribution in [2.24, 2.45) is 0 Å². The number of hydrogen-bond acceptors (Lipinski definition) is 3. The van der Waals surface area contributed by atoms with Gasteiger partial charge in [0.15, 0.2) is 9.84 Å². The molecule has 0 aromatic heterocycles. The zero-order valence-corrected chi connectivity index (χ0v) is 9.76. The first-order chi connectivity index (χ1) is 7.50. The van der Waals surface area contributed by atoms with Crippen molar-refractivity contribution in [1.82, 2.24) is 0 Å². The molecule has 1 N–H and O–H groups in total. The van der Waals surface area contributed by atoms with E-state index in [-0.39, 0.29) is 5.75 Å². The maximum atomic E-state index is 11.7. The predicted molar refractivity (Wildman–Crippen MR) is 60.1 cm³/mol. The molecule has 0 radical (unpaired) electrons. The fourth-order valence-electron chi connectivity index (χ4n) is 2.37. The summed E-state index contributed by atoms with van der Waals surface area (Å²) in [5, 5.41) is 9.89. The maximum absolute atomic E-state index is 11.7. The molecule has 0 amide bonds. The van der Waals surface area contributed by atoms with Crippen LogP contribution < -0.4 is 0 Å². The van der Waals surface area contributed by atoms with Crippen molar-refractivity contribution >= 4 is 9.84 Å². The maximum Gasteiger partial charge on any atom is 0.178 e. The van der Waals surface area contributed by atoms with E-state index in [1.165, 1.54) is 0 Å². The first kappa shape index (κ1) is 10.3. The third kappa shape index (κ3) is 1.57. The van der Waals surface area contributed by atoms with Crippen molar-refractivity contribution in [2.75, 3.05) is 5.75 Å². The smallest absolute Gasteiger partial charge is 0.178 e. The highest BCUT2D eigenvalue weighted by atomic mass is 32.2. The van der Waals surface area contributed by atoms with E-state index in [9.17, 15) is 13.5 Å². The molecule has 3 rings (SSSR count). The zero-order chi connectivity index (χ0) is 11.4. The molecule has 1 aliphatic carbocycles. The Morgan fingerprint density at radius 2 is 2.06 bits per heavy atom. The molecular formula is C12H14O3S. The summed E-state index contributed by atoms with van der Waals surface area (Å²) in [7, 11) is -3.04. The van der Waals surface area contributed by atoms with Crippen molar-refractivity contribution < 1.29 is 13.5 Å². The van der Waals surface area contributed by atoms with E-state index in [4.69, 9.17) is 0 Å². The van der Waals surface area contributed by atoms with Crippen LogP contribution in [0.15, 0.2) is 23.1 Å². The third-order valence-corrected chi connectivity index (χ3v) is 5.33. The highest BCUT2D eigenvalue weighted by molar-refractivity contribution is 7.91. The van der Waals surface area contributed by atoms with Gasteiger partial charge in [-0.1, -0.05) is 12.1 Å². The lowest BCUT2D eigenvalue weighted by Crippen LogP contribution is -2.12. The standard InChI is InChI=1S/C12H14O3S/c13-12(5-6-12)8-9-2-1-3-11-10(9)4-7-16(11,14)15/h1-3,13H,4-8H2. The van der Waals surface area contributed by atoms with E-state index in [1.54, 1.807) is 12.1 Å². The third-order valence-electron chi connectivity index (χ3n) is 3.53. The van der Waals surface area contributed by atoms with E-state index in [1.807, 2.05) is 6.07 Å². The van der Waals surface area contributed by atoms with Gasteiger partial charge in [0.05, 0.1) is 16.2 Å². The Balaban J connectivity index is 2.05. The minimum Gasteiger partial charge on any atom is -0.390 e. The lowest BCUT2D eigenvalue weighted by molar-refractivity contribution is 0.150. The van der Waals surface area contributed by atoms with Crippen LogP contribution in [0, 0.1) is 0 Å². The summed E-state index contributed by atoms with van der Waals surface area (Å²) in [4.78, 5) is 0.481. The molecule has 1 aromatic rings. The predicted octanol–water partition coefficient (Wildman–Crippen LogP) is 1.08. The van der Waals surface area contributed by atoms with Crippen LogP contribution in [-0.4, -0.2) is 24.9 Å². The monoisotopic (exact) mass is 238 g/mol. The first-order valence-electron chi connectivity index (χ1n) is 5.56. The number of rotatable bonds is 2. The second-order valence-electron chi connectivity index (χ2n) is 4.86. The largest absolute Gasteiger partial charge is 0.390 e. The number of fused-ring (bicyclic) bond motifs is 1. The topological polar surface area (TPSA) is 54.4 Å². The van der Waals surface area contributed by atoms with Gasteiger partial charge < -0.3 is 5.11 Å². The SMILES string of the molecule is O=S1(=O)CCc2c(CC3(O)CC3)cccc21. The fourth-order valence-corrected chi connectivity index (χ4v) is 3.96. The Labute approximate surface area is 95.0 Å². The molecule has 1 saturated carbocycles. The molecule has 16 heavy (non-hydrogen) atoms. The average molecular weight is 238 g/mol. The molecule has 1 heterocycles. The van der Waals surface area contributed by atoms with E-state index < -0.39 is 15.4 Å². The lowest BCUT2D eigenvalue weighted by Gasteiger charge is -2.11. The van der Waals surface area contributed by atoms with Gasteiger partial charge in [0.1, 0.15) is 0 Å². The first-order valence-corrected chi connectivity index (χ1v) is 7.21. The Bertz CT molecular complexity index is 541. The molecule has 0 atom stereocenters. The number of aliphatic hydroxyl groups is 1. The lowest BCUT2D eigenvalue weighted by atomic mass is 9.99. The zero-order valence-electron chi connectivity index (χ0n) is 8.94. The van der Waals surface area contributed by atoms with Crippen molar-refractivity contribution in [2.45, 2.75) is 36.2 Å². The molecule has 0 bridgehead atoms. The van der Waals surface area contributed by atoms with E-state index in [0.29, 0.717) is 17.7 Å². The van der Waals surface area contributed by atoms with Gasteiger partial charge in [0.2, 0.25) is 0 Å². The Morgan fingerprint density at radius 1 is 1.31 bits per heavy atom. The van der Waals surface area contributed by atoms with Gasteiger partial charge in [0.25, 0.3) is 0 Å². The van der Waals surface area contributed by atoms with Gasteiger partial charge in [-0.05, 0) is 36.5 Å². The van der Waals surface area contributed by atoms with Crippen LogP contribution >= 0.6 is 0 Å². The number of sulfone groups is 1. The summed E-state index contributed by atoms with van der Waals surface area (Å²) >= 11 is 0. The quantitative estimate of drug-likeness (QED) is 0.839. The van der Waals surface area contributed by atoms with Crippen LogP contribution in [0.2, 0.25) is 0 Å².